The Morgan fingerprint density at radius 1 is 1.29 bits per heavy atom. The van der Waals surface area contributed by atoms with Crippen LogP contribution in [-0.4, -0.2) is 26.2 Å². The fraction of sp³-hybridized carbons (Fsp3) is 0.588. The summed E-state index contributed by atoms with van der Waals surface area (Å²) < 4.78 is 10.5. The number of esters is 1. The average Bonchev–Trinajstić information content (AvgIpc) is 2.98. The van der Waals surface area contributed by atoms with Gasteiger partial charge in [0.05, 0.1) is 14.2 Å². The Balaban J connectivity index is 2.43. The van der Waals surface area contributed by atoms with Gasteiger partial charge in [0.2, 0.25) is 0 Å². The standard InChI is InChI=1S/C17H25NO3/c1-12-9-10-15(20-3)14(11-12)17(2,16(19)21-4)18-13-7-5-6-8-13/h9-11,13,18H,5-8H2,1-4H3. The molecule has 0 amide bonds. The van der Waals surface area contributed by atoms with Crippen LogP contribution in [0.4, 0.5) is 0 Å². The van der Waals surface area contributed by atoms with E-state index in [-0.39, 0.29) is 5.97 Å². The van der Waals surface area contributed by atoms with E-state index in [4.69, 9.17) is 9.47 Å². The zero-order valence-electron chi connectivity index (χ0n) is 13.4. The van der Waals surface area contributed by atoms with Gasteiger partial charge in [-0.25, -0.2) is 4.79 Å². The molecule has 1 aliphatic carbocycles. The Morgan fingerprint density at radius 2 is 1.95 bits per heavy atom. The molecule has 0 radical (unpaired) electrons. The van der Waals surface area contributed by atoms with Crippen molar-refractivity contribution in [2.24, 2.45) is 0 Å². The van der Waals surface area contributed by atoms with Crippen molar-refractivity contribution < 1.29 is 14.3 Å². The molecule has 1 atom stereocenters. The van der Waals surface area contributed by atoms with Crippen molar-refractivity contribution in [3.63, 3.8) is 0 Å². The summed E-state index contributed by atoms with van der Waals surface area (Å²) in [6, 6.07) is 6.23. The summed E-state index contributed by atoms with van der Waals surface area (Å²) in [5.74, 6) is 0.428. The second kappa shape index (κ2) is 6.48. The number of aryl methyl sites for hydroxylation is 1. The quantitative estimate of drug-likeness (QED) is 0.847. The first-order chi connectivity index (χ1) is 10.0. The minimum atomic E-state index is -0.888. The molecule has 116 valence electrons. The molecule has 0 saturated heterocycles. The van der Waals surface area contributed by atoms with Crippen LogP contribution in [0.15, 0.2) is 18.2 Å². The van der Waals surface area contributed by atoms with E-state index in [1.807, 2.05) is 32.0 Å². The molecule has 4 heteroatoms. The maximum absolute atomic E-state index is 12.5. The first-order valence-electron chi connectivity index (χ1n) is 7.52. The van der Waals surface area contributed by atoms with Gasteiger partial charge in [0.25, 0.3) is 0 Å². The van der Waals surface area contributed by atoms with E-state index in [9.17, 15) is 4.79 Å². The highest BCUT2D eigenvalue weighted by Gasteiger charge is 2.41. The number of benzene rings is 1. The maximum Gasteiger partial charge on any atom is 0.330 e. The molecule has 1 aromatic carbocycles. The number of hydrogen-bond acceptors (Lipinski definition) is 4. The molecule has 1 aromatic rings. The lowest BCUT2D eigenvalue weighted by atomic mass is 9.88. The lowest BCUT2D eigenvalue weighted by molar-refractivity contribution is -0.148. The zero-order valence-corrected chi connectivity index (χ0v) is 13.4. The second-order valence-electron chi connectivity index (χ2n) is 5.95. The van der Waals surface area contributed by atoms with Crippen molar-refractivity contribution in [2.75, 3.05) is 14.2 Å². The van der Waals surface area contributed by atoms with Crippen molar-refractivity contribution in [2.45, 2.75) is 51.1 Å². The fourth-order valence-corrected chi connectivity index (χ4v) is 3.14. The number of carbonyl (C=O) groups excluding carboxylic acids is 1. The van der Waals surface area contributed by atoms with Gasteiger partial charge in [-0.05, 0) is 38.8 Å². The average molecular weight is 291 g/mol. The van der Waals surface area contributed by atoms with Crippen molar-refractivity contribution >= 4 is 5.97 Å². The normalized spacial score (nSPS) is 18.3. The number of rotatable bonds is 5. The molecule has 21 heavy (non-hydrogen) atoms. The third kappa shape index (κ3) is 3.21. The Hall–Kier alpha value is -1.55. The van der Waals surface area contributed by atoms with Crippen LogP contribution < -0.4 is 10.1 Å². The summed E-state index contributed by atoms with van der Waals surface area (Å²) in [7, 11) is 3.06. The first kappa shape index (κ1) is 15.8. The van der Waals surface area contributed by atoms with Crippen molar-refractivity contribution in [1.29, 1.82) is 0 Å². The molecule has 0 aromatic heterocycles. The smallest absolute Gasteiger partial charge is 0.330 e. The number of ether oxygens (including phenoxy) is 2. The maximum atomic E-state index is 12.5. The summed E-state index contributed by atoms with van der Waals surface area (Å²) >= 11 is 0. The third-order valence-corrected chi connectivity index (χ3v) is 4.34. The van der Waals surface area contributed by atoms with Gasteiger partial charge in [-0.1, -0.05) is 24.5 Å². The minimum Gasteiger partial charge on any atom is -0.496 e. The van der Waals surface area contributed by atoms with Crippen LogP contribution >= 0.6 is 0 Å². The van der Waals surface area contributed by atoms with Crippen LogP contribution in [-0.2, 0) is 15.1 Å². The van der Waals surface area contributed by atoms with E-state index in [1.165, 1.54) is 20.0 Å². The van der Waals surface area contributed by atoms with Crippen molar-refractivity contribution in [3.05, 3.63) is 29.3 Å². The molecule has 1 saturated carbocycles. The van der Waals surface area contributed by atoms with Crippen LogP contribution in [0.2, 0.25) is 0 Å². The Bertz CT molecular complexity index is 509. The number of nitrogens with one attached hydrogen (secondary N) is 1. The molecule has 0 spiro atoms. The van der Waals surface area contributed by atoms with Crippen LogP contribution in [0.25, 0.3) is 0 Å². The molecule has 0 bridgehead atoms. The lowest BCUT2D eigenvalue weighted by Gasteiger charge is -2.33. The predicted octanol–water partition coefficient (Wildman–Crippen LogP) is 2.92. The van der Waals surface area contributed by atoms with Gasteiger partial charge in [0, 0.05) is 11.6 Å². The van der Waals surface area contributed by atoms with E-state index in [1.54, 1.807) is 7.11 Å². The van der Waals surface area contributed by atoms with Gasteiger partial charge in [-0.2, -0.15) is 0 Å². The summed E-state index contributed by atoms with van der Waals surface area (Å²) in [6.45, 7) is 3.89. The topological polar surface area (TPSA) is 47.6 Å². The van der Waals surface area contributed by atoms with Gasteiger partial charge >= 0.3 is 5.97 Å². The lowest BCUT2D eigenvalue weighted by Crippen LogP contribution is -2.51. The molecule has 1 aliphatic rings. The second-order valence-corrected chi connectivity index (χ2v) is 5.95. The number of methoxy groups -OCH3 is 2. The van der Waals surface area contributed by atoms with E-state index >= 15 is 0 Å². The molecular formula is C17H25NO3. The molecule has 1 N–H and O–H groups in total. The summed E-state index contributed by atoms with van der Waals surface area (Å²) in [6.07, 6.45) is 4.61. The van der Waals surface area contributed by atoms with E-state index in [2.05, 4.69) is 5.32 Å². The van der Waals surface area contributed by atoms with Gasteiger partial charge in [0.1, 0.15) is 11.3 Å². The highest BCUT2D eigenvalue weighted by Crippen LogP contribution is 2.34. The Kier molecular flexibility index (Phi) is 4.88. The first-order valence-corrected chi connectivity index (χ1v) is 7.52. The zero-order chi connectivity index (χ0) is 15.5. The molecule has 1 unspecified atom stereocenters. The van der Waals surface area contributed by atoms with E-state index < -0.39 is 5.54 Å². The molecular weight excluding hydrogens is 266 g/mol. The predicted molar refractivity (Wildman–Crippen MR) is 82.5 cm³/mol. The highest BCUT2D eigenvalue weighted by molar-refractivity contribution is 5.83. The van der Waals surface area contributed by atoms with Crippen LogP contribution in [0.3, 0.4) is 0 Å². The SMILES string of the molecule is COC(=O)C(C)(NC1CCCC1)c1cc(C)ccc1OC. The van der Waals surface area contributed by atoms with Gasteiger partial charge < -0.3 is 9.47 Å². The number of hydrogen-bond donors (Lipinski definition) is 1. The summed E-state index contributed by atoms with van der Waals surface area (Å²) in [4.78, 5) is 12.5. The van der Waals surface area contributed by atoms with E-state index in [0.29, 0.717) is 11.8 Å². The minimum absolute atomic E-state index is 0.279. The Labute approximate surface area is 126 Å². The molecule has 2 rings (SSSR count). The van der Waals surface area contributed by atoms with Gasteiger partial charge in [-0.3, -0.25) is 5.32 Å². The molecule has 4 nitrogen and oxygen atoms in total. The monoisotopic (exact) mass is 291 g/mol. The number of carbonyl (C=O) groups is 1. The molecule has 1 fully saturated rings. The van der Waals surface area contributed by atoms with Crippen LogP contribution in [0.1, 0.15) is 43.7 Å². The third-order valence-electron chi connectivity index (χ3n) is 4.34. The van der Waals surface area contributed by atoms with Gasteiger partial charge in [-0.15, -0.1) is 0 Å². The molecule has 0 heterocycles. The van der Waals surface area contributed by atoms with E-state index in [0.717, 1.165) is 24.0 Å². The van der Waals surface area contributed by atoms with Crippen molar-refractivity contribution in [3.8, 4) is 5.75 Å². The molecule has 0 aliphatic heterocycles. The summed E-state index contributed by atoms with van der Waals surface area (Å²) in [5, 5.41) is 3.51. The highest BCUT2D eigenvalue weighted by atomic mass is 16.5. The van der Waals surface area contributed by atoms with Crippen LogP contribution in [0.5, 0.6) is 5.75 Å². The largest absolute Gasteiger partial charge is 0.496 e. The van der Waals surface area contributed by atoms with Crippen molar-refractivity contribution in [1.82, 2.24) is 5.32 Å². The Morgan fingerprint density at radius 3 is 2.52 bits per heavy atom. The fourth-order valence-electron chi connectivity index (χ4n) is 3.14. The van der Waals surface area contributed by atoms with Gasteiger partial charge in [0.15, 0.2) is 0 Å². The van der Waals surface area contributed by atoms with Crippen LogP contribution in [0, 0.1) is 6.92 Å². The summed E-state index contributed by atoms with van der Waals surface area (Å²) in [5.41, 5.74) is 1.04.